The first kappa shape index (κ1) is 20.5. The van der Waals surface area contributed by atoms with E-state index >= 15 is 0 Å². The molecule has 0 aliphatic rings. The van der Waals surface area contributed by atoms with Crippen LogP contribution in [0.1, 0.15) is 67.9 Å². The zero-order valence-corrected chi connectivity index (χ0v) is 17.6. The van der Waals surface area contributed by atoms with Crippen LogP contribution in [0.2, 0.25) is 0 Å². The van der Waals surface area contributed by atoms with Gasteiger partial charge in [-0.15, -0.1) is 0 Å². The third kappa shape index (κ3) is 5.19. The predicted molar refractivity (Wildman–Crippen MR) is 104 cm³/mol. The Bertz CT molecular complexity index is 502. The Hall–Kier alpha value is -0.590. The monoisotopic (exact) mass is 338 g/mol. The third-order valence-electron chi connectivity index (χ3n) is 3.71. The van der Waals surface area contributed by atoms with E-state index in [0.717, 1.165) is 5.75 Å². The molecule has 0 fully saturated rings. The summed E-state index contributed by atoms with van der Waals surface area (Å²) in [6.45, 7) is 21.1. The molecule has 0 heterocycles. The summed E-state index contributed by atoms with van der Waals surface area (Å²) in [4.78, 5) is 0. The number of ether oxygens (including phenoxy) is 2. The Morgan fingerprint density at radius 3 is 1.78 bits per heavy atom. The van der Waals surface area contributed by atoms with Gasteiger partial charge in [-0.2, -0.15) is 0 Å². The van der Waals surface area contributed by atoms with Crippen molar-refractivity contribution < 1.29 is 9.47 Å². The van der Waals surface area contributed by atoms with Gasteiger partial charge in [0.15, 0.2) is 6.79 Å². The molecule has 23 heavy (non-hydrogen) atoms. The fourth-order valence-corrected chi connectivity index (χ4v) is 7.37. The van der Waals surface area contributed by atoms with Crippen molar-refractivity contribution in [3.05, 3.63) is 23.8 Å². The lowest BCUT2D eigenvalue weighted by atomic mass is 9.86. The summed E-state index contributed by atoms with van der Waals surface area (Å²) in [5.41, 5.74) is 1.30. The minimum atomic E-state index is -0.419. The first-order valence-corrected chi connectivity index (χ1v) is 9.70. The van der Waals surface area contributed by atoms with Crippen LogP contribution in [0.25, 0.3) is 0 Å². The fourth-order valence-electron chi connectivity index (χ4n) is 3.29. The number of para-hydroxylation sites is 1. The molecule has 0 aromatic heterocycles. The smallest absolute Gasteiger partial charge is 0.188 e. The quantitative estimate of drug-likeness (QED) is 0.520. The van der Waals surface area contributed by atoms with E-state index in [9.17, 15) is 0 Å². The molecule has 1 aromatic rings. The predicted octanol–water partition coefficient (Wildman–Crippen LogP) is 5.67. The average Bonchev–Trinajstić information content (AvgIpc) is 2.32. The molecule has 1 rings (SSSR count). The fraction of sp³-hybridized carbons (Fsp3) is 0.700. The Morgan fingerprint density at radius 1 is 0.870 bits per heavy atom. The molecule has 0 N–H and O–H groups in total. The largest absolute Gasteiger partial charge is 0.467 e. The lowest BCUT2D eigenvalue weighted by molar-refractivity contribution is 0.0506. The maximum absolute atomic E-state index is 6.11. The molecular weight excluding hydrogens is 303 g/mol. The van der Waals surface area contributed by atoms with Crippen LogP contribution in [0.15, 0.2) is 18.2 Å². The average molecular weight is 338 g/mol. The van der Waals surface area contributed by atoms with Crippen LogP contribution in [0.4, 0.5) is 0 Å². The van der Waals surface area contributed by atoms with Gasteiger partial charge in [0.05, 0.1) is 0 Å². The zero-order valence-electron chi connectivity index (χ0n) is 16.7. The van der Waals surface area contributed by atoms with Gasteiger partial charge in [-0.25, -0.2) is 0 Å². The van der Waals surface area contributed by atoms with Crippen molar-refractivity contribution in [3.8, 4) is 5.75 Å². The van der Waals surface area contributed by atoms with Gasteiger partial charge in [0.1, 0.15) is 5.75 Å². The molecule has 0 atom stereocenters. The summed E-state index contributed by atoms with van der Waals surface area (Å²) >= 11 is 0. The van der Waals surface area contributed by atoms with Crippen molar-refractivity contribution in [2.75, 3.05) is 13.9 Å². The van der Waals surface area contributed by atoms with E-state index < -0.39 is 7.92 Å². The number of rotatable bonds is 4. The Kier molecular flexibility index (Phi) is 6.33. The molecule has 2 nitrogen and oxygen atoms in total. The number of hydrogen-bond acceptors (Lipinski definition) is 2. The molecule has 3 heteroatoms. The van der Waals surface area contributed by atoms with E-state index in [1.54, 1.807) is 7.11 Å². The molecule has 0 saturated carbocycles. The summed E-state index contributed by atoms with van der Waals surface area (Å²) < 4.78 is 11.3. The van der Waals surface area contributed by atoms with Gasteiger partial charge in [-0.3, -0.25) is 0 Å². The number of methoxy groups -OCH3 is 1. The third-order valence-corrected chi connectivity index (χ3v) is 7.22. The molecular formula is C20H35O2P. The first-order valence-electron chi connectivity index (χ1n) is 8.35. The van der Waals surface area contributed by atoms with E-state index in [1.807, 2.05) is 0 Å². The van der Waals surface area contributed by atoms with Crippen LogP contribution < -0.4 is 10.0 Å². The van der Waals surface area contributed by atoms with Crippen LogP contribution in [0, 0.1) is 0 Å². The molecule has 0 saturated heterocycles. The second-order valence-corrected chi connectivity index (χ2v) is 13.0. The summed E-state index contributed by atoms with van der Waals surface area (Å²) in [7, 11) is 1.26. The van der Waals surface area contributed by atoms with Gasteiger partial charge >= 0.3 is 0 Å². The van der Waals surface area contributed by atoms with Crippen LogP contribution in [0.3, 0.4) is 0 Å². The highest BCUT2D eigenvalue weighted by molar-refractivity contribution is 7.68. The van der Waals surface area contributed by atoms with Crippen molar-refractivity contribution in [2.24, 2.45) is 0 Å². The topological polar surface area (TPSA) is 18.5 Å². The summed E-state index contributed by atoms with van der Waals surface area (Å²) in [5, 5.41) is 1.76. The molecule has 1 aromatic carbocycles. The summed E-state index contributed by atoms with van der Waals surface area (Å²) in [6, 6.07) is 6.62. The van der Waals surface area contributed by atoms with E-state index in [0.29, 0.717) is 0 Å². The summed E-state index contributed by atoms with van der Waals surface area (Å²) in [6.07, 6.45) is 0. The second-order valence-electron chi connectivity index (χ2n) is 9.13. The first-order chi connectivity index (χ1) is 10.3. The molecule has 0 aliphatic carbocycles. The highest BCUT2D eigenvalue weighted by Crippen LogP contribution is 2.60. The number of benzene rings is 1. The molecule has 0 aliphatic heterocycles. The van der Waals surface area contributed by atoms with Crippen LogP contribution in [0.5, 0.6) is 5.75 Å². The van der Waals surface area contributed by atoms with E-state index in [1.165, 1.54) is 10.9 Å². The van der Waals surface area contributed by atoms with Crippen LogP contribution in [-0.2, 0) is 10.2 Å². The van der Waals surface area contributed by atoms with E-state index in [4.69, 9.17) is 9.47 Å². The van der Waals surface area contributed by atoms with Gasteiger partial charge in [0, 0.05) is 18.0 Å². The van der Waals surface area contributed by atoms with Gasteiger partial charge in [-0.1, -0.05) is 88.4 Å². The van der Waals surface area contributed by atoms with Crippen LogP contribution in [-0.4, -0.2) is 24.2 Å². The SMILES string of the molecule is COCOc1c(P(C(C)(C)C)C(C)(C)C)cccc1C(C)(C)C. The second kappa shape index (κ2) is 7.11. The molecule has 0 bridgehead atoms. The van der Waals surface area contributed by atoms with Crippen molar-refractivity contribution >= 4 is 13.2 Å². The minimum Gasteiger partial charge on any atom is -0.467 e. The maximum atomic E-state index is 6.11. The lowest BCUT2D eigenvalue weighted by Gasteiger charge is -2.43. The lowest BCUT2D eigenvalue weighted by Crippen LogP contribution is -2.33. The number of hydrogen-bond donors (Lipinski definition) is 0. The Labute approximate surface area is 144 Å². The van der Waals surface area contributed by atoms with Crippen molar-refractivity contribution in [2.45, 2.75) is 78.0 Å². The van der Waals surface area contributed by atoms with Crippen molar-refractivity contribution in [1.29, 1.82) is 0 Å². The molecule has 0 unspecified atom stereocenters. The highest BCUT2D eigenvalue weighted by Gasteiger charge is 2.38. The van der Waals surface area contributed by atoms with E-state index in [-0.39, 0.29) is 22.5 Å². The maximum Gasteiger partial charge on any atom is 0.188 e. The molecule has 132 valence electrons. The molecule has 0 radical (unpaired) electrons. The normalized spacial score (nSPS) is 13.5. The highest BCUT2D eigenvalue weighted by atomic mass is 31.1. The van der Waals surface area contributed by atoms with Crippen molar-refractivity contribution in [3.63, 3.8) is 0 Å². The Morgan fingerprint density at radius 2 is 1.39 bits per heavy atom. The van der Waals surface area contributed by atoms with Gasteiger partial charge in [0.25, 0.3) is 0 Å². The van der Waals surface area contributed by atoms with Gasteiger partial charge in [-0.05, 0) is 15.7 Å². The van der Waals surface area contributed by atoms with Crippen LogP contribution >= 0.6 is 7.92 Å². The Balaban J connectivity index is 3.61. The van der Waals surface area contributed by atoms with Crippen molar-refractivity contribution in [1.82, 2.24) is 0 Å². The van der Waals surface area contributed by atoms with Gasteiger partial charge in [0.2, 0.25) is 0 Å². The minimum absolute atomic E-state index is 0.0376. The summed E-state index contributed by atoms with van der Waals surface area (Å²) in [5.74, 6) is 1.03. The molecule has 0 amide bonds. The standard InChI is InChI=1S/C20H35O2P/c1-18(2,3)15-12-11-13-16(17(15)22-14-21-10)23(19(4,5)6)20(7,8)9/h11-13H,14H2,1-10H3. The van der Waals surface area contributed by atoms with Gasteiger partial charge < -0.3 is 9.47 Å². The zero-order chi connectivity index (χ0) is 18.1. The van der Waals surface area contributed by atoms with E-state index in [2.05, 4.69) is 80.5 Å². The molecule has 0 spiro atoms.